The van der Waals surface area contributed by atoms with Crippen molar-refractivity contribution in [1.29, 1.82) is 0 Å². The molecule has 0 bridgehead atoms. The number of hydrogen-bond acceptors (Lipinski definition) is 5. The average molecular weight is 232 g/mol. The molecule has 0 amide bonds. The van der Waals surface area contributed by atoms with Gasteiger partial charge in [-0.1, -0.05) is 19.8 Å². The topological polar surface area (TPSA) is 68.0 Å². The Morgan fingerprint density at radius 1 is 1.35 bits per heavy atom. The molecule has 6 nitrogen and oxygen atoms in total. The molecule has 1 N–H and O–H groups in total. The minimum atomic E-state index is 0.399. The molecule has 3 rings (SSSR count). The minimum absolute atomic E-state index is 0.399. The summed E-state index contributed by atoms with van der Waals surface area (Å²) in [4.78, 5) is 4.13. The Morgan fingerprint density at radius 2 is 2.18 bits per heavy atom. The van der Waals surface area contributed by atoms with Gasteiger partial charge in [-0.15, -0.1) is 5.10 Å². The van der Waals surface area contributed by atoms with Crippen LogP contribution in [0.25, 0.3) is 5.65 Å². The second-order valence-electron chi connectivity index (χ2n) is 5.11. The number of hydrogen-bond donors (Lipinski definition) is 1. The Bertz CT molecular complexity index is 513. The SMILES string of the molecule is CC1(CNc2cncc3nnnn23)CCCC1. The third-order valence-corrected chi connectivity index (χ3v) is 3.62. The van der Waals surface area contributed by atoms with Crippen molar-refractivity contribution in [3.8, 4) is 0 Å². The van der Waals surface area contributed by atoms with Gasteiger partial charge in [0.1, 0.15) is 5.82 Å². The molecule has 90 valence electrons. The number of nitrogens with one attached hydrogen (secondary N) is 1. The third-order valence-electron chi connectivity index (χ3n) is 3.62. The van der Waals surface area contributed by atoms with Crippen molar-refractivity contribution >= 4 is 11.5 Å². The Morgan fingerprint density at radius 3 is 3.00 bits per heavy atom. The van der Waals surface area contributed by atoms with E-state index in [1.165, 1.54) is 25.7 Å². The first-order chi connectivity index (χ1) is 8.27. The predicted molar refractivity (Wildman–Crippen MR) is 63.6 cm³/mol. The van der Waals surface area contributed by atoms with Crippen molar-refractivity contribution in [2.75, 3.05) is 11.9 Å². The molecule has 0 unspecified atom stereocenters. The summed E-state index contributed by atoms with van der Waals surface area (Å²) in [5.74, 6) is 0.862. The molecule has 1 aliphatic carbocycles. The summed E-state index contributed by atoms with van der Waals surface area (Å²) in [6.45, 7) is 3.29. The molecule has 1 aliphatic rings. The lowest BCUT2D eigenvalue weighted by Crippen LogP contribution is -2.24. The molecule has 0 aromatic carbocycles. The molecular weight excluding hydrogens is 216 g/mol. The number of nitrogens with zero attached hydrogens (tertiary/aromatic N) is 5. The van der Waals surface area contributed by atoms with Gasteiger partial charge in [-0.3, -0.25) is 4.98 Å². The Balaban J connectivity index is 1.78. The zero-order valence-electron chi connectivity index (χ0n) is 9.93. The molecule has 2 aromatic heterocycles. The molecule has 6 heteroatoms. The van der Waals surface area contributed by atoms with Crippen LogP contribution >= 0.6 is 0 Å². The first kappa shape index (κ1) is 10.4. The zero-order chi connectivity index (χ0) is 11.7. The molecule has 0 aliphatic heterocycles. The van der Waals surface area contributed by atoms with Crippen LogP contribution < -0.4 is 5.32 Å². The fraction of sp³-hybridized carbons (Fsp3) is 0.636. The van der Waals surface area contributed by atoms with E-state index in [4.69, 9.17) is 0 Å². The van der Waals surface area contributed by atoms with E-state index in [0.717, 1.165) is 12.4 Å². The highest BCUT2D eigenvalue weighted by Crippen LogP contribution is 2.37. The largest absolute Gasteiger partial charge is 0.368 e. The molecule has 2 aromatic rings. The van der Waals surface area contributed by atoms with E-state index in [1.54, 1.807) is 16.9 Å². The highest BCUT2D eigenvalue weighted by atomic mass is 15.5. The van der Waals surface area contributed by atoms with Crippen molar-refractivity contribution < 1.29 is 0 Å². The summed E-state index contributed by atoms with van der Waals surface area (Å²) in [6.07, 6.45) is 8.68. The first-order valence-corrected chi connectivity index (χ1v) is 6.03. The second kappa shape index (κ2) is 3.94. The highest BCUT2D eigenvalue weighted by molar-refractivity contribution is 5.43. The highest BCUT2D eigenvalue weighted by Gasteiger charge is 2.28. The van der Waals surface area contributed by atoms with Gasteiger partial charge in [0.2, 0.25) is 0 Å². The second-order valence-corrected chi connectivity index (χ2v) is 5.11. The van der Waals surface area contributed by atoms with E-state index in [0.29, 0.717) is 11.1 Å². The summed E-state index contributed by atoms with van der Waals surface area (Å²) in [6, 6.07) is 0. The van der Waals surface area contributed by atoms with Gasteiger partial charge >= 0.3 is 0 Å². The van der Waals surface area contributed by atoms with E-state index in [2.05, 4.69) is 32.7 Å². The molecular formula is C11H16N6. The lowest BCUT2D eigenvalue weighted by Gasteiger charge is -2.24. The lowest BCUT2D eigenvalue weighted by atomic mass is 9.89. The van der Waals surface area contributed by atoms with Crippen LogP contribution in [0.1, 0.15) is 32.6 Å². The molecule has 0 atom stereocenters. The van der Waals surface area contributed by atoms with E-state index in [-0.39, 0.29) is 0 Å². The van der Waals surface area contributed by atoms with Gasteiger partial charge < -0.3 is 5.32 Å². The fourth-order valence-electron chi connectivity index (χ4n) is 2.51. The zero-order valence-corrected chi connectivity index (χ0v) is 9.93. The number of anilines is 1. The van der Waals surface area contributed by atoms with Gasteiger partial charge in [0, 0.05) is 6.54 Å². The molecule has 17 heavy (non-hydrogen) atoms. The van der Waals surface area contributed by atoms with Gasteiger partial charge in [-0.2, -0.15) is 4.52 Å². The van der Waals surface area contributed by atoms with Gasteiger partial charge in [0.25, 0.3) is 0 Å². The smallest absolute Gasteiger partial charge is 0.199 e. The van der Waals surface area contributed by atoms with E-state index in [9.17, 15) is 0 Å². The van der Waals surface area contributed by atoms with Crippen LogP contribution in [0.15, 0.2) is 12.4 Å². The van der Waals surface area contributed by atoms with Crippen LogP contribution in [0.5, 0.6) is 0 Å². The number of aromatic nitrogens is 5. The fourth-order valence-corrected chi connectivity index (χ4v) is 2.51. The van der Waals surface area contributed by atoms with Crippen LogP contribution in [-0.4, -0.2) is 31.6 Å². The molecule has 0 radical (unpaired) electrons. The number of rotatable bonds is 3. The third kappa shape index (κ3) is 1.94. The van der Waals surface area contributed by atoms with E-state index in [1.807, 2.05) is 0 Å². The number of tetrazole rings is 1. The first-order valence-electron chi connectivity index (χ1n) is 6.03. The lowest BCUT2D eigenvalue weighted by molar-refractivity contribution is 0.361. The van der Waals surface area contributed by atoms with Crippen molar-refractivity contribution in [1.82, 2.24) is 25.0 Å². The predicted octanol–water partition coefficient (Wildman–Crippen LogP) is 1.51. The normalized spacial score (nSPS) is 18.6. The molecule has 1 fully saturated rings. The van der Waals surface area contributed by atoms with Crippen LogP contribution in [0, 0.1) is 5.41 Å². The van der Waals surface area contributed by atoms with Crippen LogP contribution in [0.4, 0.5) is 5.82 Å². The Hall–Kier alpha value is -1.72. The number of fused-ring (bicyclic) bond motifs is 1. The Labute approximate surface area is 99.4 Å². The molecule has 0 spiro atoms. The standard InChI is InChI=1S/C11H16N6/c1-11(4-2-3-5-11)8-13-9-6-12-7-10-14-15-16-17(9)10/h6-7,13H,2-5,8H2,1H3. The quantitative estimate of drug-likeness (QED) is 0.868. The molecule has 2 heterocycles. The van der Waals surface area contributed by atoms with Gasteiger partial charge in [-0.25, -0.2) is 0 Å². The van der Waals surface area contributed by atoms with Crippen molar-refractivity contribution in [3.63, 3.8) is 0 Å². The summed E-state index contributed by atoms with van der Waals surface area (Å²) >= 11 is 0. The van der Waals surface area contributed by atoms with E-state index >= 15 is 0 Å². The van der Waals surface area contributed by atoms with Crippen LogP contribution in [0.2, 0.25) is 0 Å². The minimum Gasteiger partial charge on any atom is -0.368 e. The summed E-state index contributed by atoms with van der Waals surface area (Å²) in [7, 11) is 0. The maximum absolute atomic E-state index is 4.13. The monoisotopic (exact) mass is 232 g/mol. The Kier molecular flexibility index (Phi) is 2.42. The average Bonchev–Trinajstić information content (AvgIpc) is 2.95. The van der Waals surface area contributed by atoms with Crippen molar-refractivity contribution in [3.05, 3.63) is 12.4 Å². The molecule has 0 saturated heterocycles. The summed E-state index contributed by atoms with van der Waals surface area (Å²) in [5, 5.41) is 14.9. The van der Waals surface area contributed by atoms with Gasteiger partial charge in [0.05, 0.1) is 12.4 Å². The summed E-state index contributed by atoms with van der Waals surface area (Å²) in [5.41, 5.74) is 1.07. The summed E-state index contributed by atoms with van der Waals surface area (Å²) < 4.78 is 1.69. The van der Waals surface area contributed by atoms with Crippen molar-refractivity contribution in [2.24, 2.45) is 5.41 Å². The molecule has 1 saturated carbocycles. The van der Waals surface area contributed by atoms with Gasteiger partial charge in [-0.05, 0) is 28.7 Å². The van der Waals surface area contributed by atoms with E-state index < -0.39 is 0 Å². The van der Waals surface area contributed by atoms with Crippen LogP contribution in [-0.2, 0) is 0 Å². The maximum atomic E-state index is 4.13. The van der Waals surface area contributed by atoms with Crippen molar-refractivity contribution in [2.45, 2.75) is 32.6 Å². The van der Waals surface area contributed by atoms with Gasteiger partial charge in [0.15, 0.2) is 5.65 Å². The van der Waals surface area contributed by atoms with Crippen LogP contribution in [0.3, 0.4) is 0 Å². The maximum Gasteiger partial charge on any atom is 0.199 e.